The van der Waals surface area contributed by atoms with Gasteiger partial charge in [0.25, 0.3) is 0 Å². The summed E-state index contributed by atoms with van der Waals surface area (Å²) < 4.78 is 1.16. The fourth-order valence-corrected chi connectivity index (χ4v) is 7.42. The number of fused-ring (bicyclic) bond motifs is 2. The monoisotopic (exact) mass is 439 g/mol. The van der Waals surface area contributed by atoms with Crippen LogP contribution in [0, 0.1) is 5.92 Å². The zero-order valence-corrected chi connectivity index (χ0v) is 19.0. The quantitative estimate of drug-likeness (QED) is 0.442. The van der Waals surface area contributed by atoms with Crippen LogP contribution in [0.4, 0.5) is 0 Å². The van der Waals surface area contributed by atoms with E-state index in [9.17, 15) is 4.79 Å². The standard InChI is InChI=1S/C24H29N3OS2/c28-17(8-4-3-7-16-5-1-2-6-16)13-21-23(18-9-11-26-15-22(18)29-21)24-27-19-14-25-12-10-20(19)30-24/h10,12,14,16,26H,1-9,11,13,15H2. The van der Waals surface area contributed by atoms with Gasteiger partial charge < -0.3 is 5.32 Å². The number of hydrogen-bond donors (Lipinski definition) is 1. The van der Waals surface area contributed by atoms with Crippen LogP contribution < -0.4 is 5.32 Å². The zero-order chi connectivity index (χ0) is 20.3. The first-order chi connectivity index (χ1) is 14.8. The average Bonchev–Trinajstić information content (AvgIpc) is 3.48. The predicted octanol–water partition coefficient (Wildman–Crippen LogP) is 5.93. The van der Waals surface area contributed by atoms with Crippen LogP contribution >= 0.6 is 22.7 Å². The molecule has 0 amide bonds. The molecule has 1 N–H and O–H groups in total. The average molecular weight is 440 g/mol. The minimum atomic E-state index is 0.386. The Labute approximate surface area is 186 Å². The van der Waals surface area contributed by atoms with Gasteiger partial charge in [-0.25, -0.2) is 4.98 Å². The number of pyridine rings is 1. The van der Waals surface area contributed by atoms with E-state index in [2.05, 4.69) is 10.3 Å². The second kappa shape index (κ2) is 9.25. The third kappa shape index (κ3) is 4.36. The number of aromatic nitrogens is 2. The Balaban J connectivity index is 1.31. The van der Waals surface area contributed by atoms with Crippen molar-refractivity contribution in [2.75, 3.05) is 6.54 Å². The molecular formula is C24H29N3OS2. The van der Waals surface area contributed by atoms with Crippen molar-refractivity contribution in [3.8, 4) is 10.6 Å². The number of thiophene rings is 1. The van der Waals surface area contributed by atoms with Crippen molar-refractivity contribution >= 4 is 38.7 Å². The third-order valence-corrected chi connectivity index (χ3v) is 8.84. The van der Waals surface area contributed by atoms with Gasteiger partial charge in [-0.05, 0) is 36.9 Å². The minimum Gasteiger partial charge on any atom is -0.312 e. The number of thiazole rings is 1. The van der Waals surface area contributed by atoms with Gasteiger partial charge in [-0.3, -0.25) is 9.78 Å². The second-order valence-electron chi connectivity index (χ2n) is 8.70. The topological polar surface area (TPSA) is 54.9 Å². The Kier molecular flexibility index (Phi) is 6.25. The maximum atomic E-state index is 12.8. The van der Waals surface area contributed by atoms with E-state index in [1.54, 1.807) is 11.3 Å². The Morgan fingerprint density at radius 3 is 2.97 bits per heavy atom. The molecule has 1 saturated carbocycles. The first kappa shape index (κ1) is 20.3. The Morgan fingerprint density at radius 1 is 1.20 bits per heavy atom. The van der Waals surface area contributed by atoms with Crippen LogP contribution in [0.2, 0.25) is 0 Å². The van der Waals surface area contributed by atoms with Gasteiger partial charge in [0.2, 0.25) is 0 Å². The molecule has 1 aliphatic carbocycles. The molecule has 0 unspecified atom stereocenters. The van der Waals surface area contributed by atoms with Crippen molar-refractivity contribution in [3.05, 3.63) is 33.8 Å². The molecule has 4 heterocycles. The summed E-state index contributed by atoms with van der Waals surface area (Å²) in [6.45, 7) is 1.91. The fourth-order valence-electron chi connectivity index (χ4n) is 4.97. The number of hydrogen-bond acceptors (Lipinski definition) is 6. The summed E-state index contributed by atoms with van der Waals surface area (Å²) in [5, 5.41) is 4.54. The van der Waals surface area contributed by atoms with E-state index >= 15 is 0 Å². The Bertz CT molecular complexity index is 999. The van der Waals surface area contributed by atoms with Gasteiger partial charge in [0.1, 0.15) is 16.3 Å². The number of nitrogens with zero attached hydrogens (tertiary/aromatic N) is 2. The zero-order valence-electron chi connectivity index (χ0n) is 17.4. The first-order valence-corrected chi connectivity index (χ1v) is 13.0. The molecule has 6 heteroatoms. The molecule has 0 aromatic carbocycles. The summed E-state index contributed by atoms with van der Waals surface area (Å²) in [6.07, 6.45) is 15.2. The van der Waals surface area contributed by atoms with Crippen LogP contribution in [-0.2, 0) is 24.2 Å². The molecule has 0 saturated heterocycles. The van der Waals surface area contributed by atoms with Gasteiger partial charge in [0.05, 0.1) is 10.9 Å². The smallest absolute Gasteiger partial charge is 0.138 e. The number of rotatable bonds is 8. The molecular weight excluding hydrogens is 410 g/mol. The number of Topliss-reactive ketones (excluding diaryl/α,β-unsaturated/α-hetero) is 1. The van der Waals surface area contributed by atoms with Gasteiger partial charge in [0.15, 0.2) is 0 Å². The van der Waals surface area contributed by atoms with Crippen LogP contribution in [0.3, 0.4) is 0 Å². The maximum Gasteiger partial charge on any atom is 0.138 e. The lowest BCUT2D eigenvalue weighted by Gasteiger charge is -2.13. The van der Waals surface area contributed by atoms with Crippen molar-refractivity contribution in [2.24, 2.45) is 5.92 Å². The van der Waals surface area contributed by atoms with E-state index < -0.39 is 0 Å². The highest BCUT2D eigenvalue weighted by atomic mass is 32.1. The summed E-state index contributed by atoms with van der Waals surface area (Å²) in [4.78, 5) is 24.5. The second-order valence-corrected chi connectivity index (χ2v) is 10.9. The molecule has 4 nitrogen and oxygen atoms in total. The lowest BCUT2D eigenvalue weighted by molar-refractivity contribution is -0.118. The van der Waals surface area contributed by atoms with Crippen LogP contribution in [-0.4, -0.2) is 22.3 Å². The molecule has 1 fully saturated rings. The van der Waals surface area contributed by atoms with Crippen molar-refractivity contribution in [3.63, 3.8) is 0 Å². The first-order valence-electron chi connectivity index (χ1n) is 11.3. The summed E-state index contributed by atoms with van der Waals surface area (Å²) >= 11 is 3.55. The predicted molar refractivity (Wildman–Crippen MR) is 125 cm³/mol. The molecule has 3 aromatic heterocycles. The van der Waals surface area contributed by atoms with Gasteiger partial charge in [0, 0.05) is 40.9 Å². The fraction of sp³-hybridized carbons (Fsp3) is 0.542. The Hall–Kier alpha value is -1.63. The van der Waals surface area contributed by atoms with Crippen molar-refractivity contribution in [2.45, 2.75) is 70.8 Å². The SMILES string of the molecule is O=C(CCCCC1CCCC1)Cc1sc2c(c1-c1nc3cnccc3s1)CCNC2. The van der Waals surface area contributed by atoms with Crippen LogP contribution in [0.1, 0.15) is 66.7 Å². The number of ketones is 1. The van der Waals surface area contributed by atoms with E-state index in [0.717, 1.165) is 53.5 Å². The Morgan fingerprint density at radius 2 is 2.10 bits per heavy atom. The van der Waals surface area contributed by atoms with Crippen molar-refractivity contribution in [1.82, 2.24) is 15.3 Å². The molecule has 3 aromatic rings. The van der Waals surface area contributed by atoms with E-state index in [-0.39, 0.29) is 0 Å². The van der Waals surface area contributed by atoms with Crippen LogP contribution in [0.15, 0.2) is 18.5 Å². The van der Waals surface area contributed by atoms with Gasteiger partial charge in [-0.2, -0.15) is 0 Å². The van der Waals surface area contributed by atoms with Crippen molar-refractivity contribution in [1.29, 1.82) is 0 Å². The van der Waals surface area contributed by atoms with Crippen LogP contribution in [0.25, 0.3) is 20.8 Å². The lowest BCUT2D eigenvalue weighted by atomic mass is 9.98. The maximum absolute atomic E-state index is 12.8. The highest BCUT2D eigenvalue weighted by Gasteiger charge is 2.25. The molecule has 30 heavy (non-hydrogen) atoms. The number of carbonyl (C=O) groups excluding carboxylic acids is 1. The number of nitrogens with one attached hydrogen (secondary N) is 1. The molecule has 0 spiro atoms. The highest BCUT2D eigenvalue weighted by Crippen LogP contribution is 2.42. The number of unbranched alkanes of at least 4 members (excludes halogenated alkanes) is 1. The lowest BCUT2D eigenvalue weighted by Crippen LogP contribution is -2.22. The largest absolute Gasteiger partial charge is 0.312 e. The molecule has 0 atom stereocenters. The molecule has 1 aliphatic heterocycles. The molecule has 2 aliphatic rings. The van der Waals surface area contributed by atoms with Crippen LogP contribution in [0.5, 0.6) is 0 Å². The summed E-state index contributed by atoms with van der Waals surface area (Å²) in [5.41, 5.74) is 3.61. The third-order valence-electron chi connectivity index (χ3n) is 6.56. The summed E-state index contributed by atoms with van der Waals surface area (Å²) in [6, 6.07) is 2.03. The molecule has 0 radical (unpaired) electrons. The van der Waals surface area contributed by atoms with Gasteiger partial charge >= 0.3 is 0 Å². The summed E-state index contributed by atoms with van der Waals surface area (Å²) in [5.74, 6) is 1.31. The number of carbonyl (C=O) groups is 1. The van der Waals surface area contributed by atoms with E-state index in [1.807, 2.05) is 29.8 Å². The highest BCUT2D eigenvalue weighted by molar-refractivity contribution is 7.22. The normalized spacial score (nSPS) is 16.9. The summed E-state index contributed by atoms with van der Waals surface area (Å²) in [7, 11) is 0. The van der Waals surface area contributed by atoms with Gasteiger partial charge in [-0.1, -0.05) is 38.5 Å². The van der Waals surface area contributed by atoms with E-state index in [1.165, 1.54) is 59.4 Å². The minimum absolute atomic E-state index is 0.386. The van der Waals surface area contributed by atoms with Crippen molar-refractivity contribution < 1.29 is 4.79 Å². The van der Waals surface area contributed by atoms with E-state index in [0.29, 0.717) is 12.2 Å². The molecule has 158 valence electrons. The molecule has 5 rings (SSSR count). The van der Waals surface area contributed by atoms with Gasteiger partial charge in [-0.15, -0.1) is 22.7 Å². The van der Waals surface area contributed by atoms with E-state index in [4.69, 9.17) is 4.98 Å². The molecule has 0 bridgehead atoms.